The zero-order chi connectivity index (χ0) is 19.6. The van der Waals surface area contributed by atoms with Crippen LogP contribution in [-0.4, -0.2) is 34.1 Å². The first kappa shape index (κ1) is 19.9. The number of carbonyl (C=O) groups excluding carboxylic acids is 1. The maximum atomic E-state index is 12.5. The molecule has 27 heavy (non-hydrogen) atoms. The number of nitrogens with zero attached hydrogens (tertiary/aromatic N) is 2. The van der Waals surface area contributed by atoms with Crippen molar-refractivity contribution in [2.75, 3.05) is 6.61 Å². The van der Waals surface area contributed by atoms with Crippen molar-refractivity contribution in [1.29, 1.82) is 0 Å². The Morgan fingerprint density at radius 3 is 2.93 bits per heavy atom. The van der Waals surface area contributed by atoms with Gasteiger partial charge in [-0.1, -0.05) is 12.8 Å². The molecular formula is C18H19BrN2O5S. The number of non-ortho nitro benzene ring substituents is 1. The predicted molar refractivity (Wildman–Crippen MR) is 107 cm³/mol. The summed E-state index contributed by atoms with van der Waals surface area (Å²) < 4.78 is 5.43. The van der Waals surface area contributed by atoms with E-state index in [4.69, 9.17) is 4.74 Å². The molecule has 1 heterocycles. The SMILES string of the molecule is CCOC(=O)C1=C(N=Cc2cc([N+](=O)[O-])cc(Br)c2O)S[C@@H]2CCCC[C@H]12. The fraction of sp³-hybridized carbons (Fsp3) is 0.444. The Bertz CT molecular complexity index is 839. The molecule has 9 heteroatoms. The van der Waals surface area contributed by atoms with Crippen LogP contribution in [0.4, 0.5) is 5.69 Å². The average molecular weight is 455 g/mol. The second-order valence-electron chi connectivity index (χ2n) is 6.37. The summed E-state index contributed by atoms with van der Waals surface area (Å²) in [6.45, 7) is 2.06. The minimum atomic E-state index is -0.538. The van der Waals surface area contributed by atoms with Gasteiger partial charge in [0.05, 0.1) is 21.6 Å². The molecule has 0 aromatic heterocycles. The monoisotopic (exact) mass is 454 g/mol. The highest BCUT2D eigenvalue weighted by molar-refractivity contribution is 9.10. The smallest absolute Gasteiger partial charge is 0.337 e. The molecule has 1 aromatic carbocycles. The predicted octanol–water partition coefficient (Wildman–Crippen LogP) is 4.56. The molecule has 1 saturated carbocycles. The van der Waals surface area contributed by atoms with Gasteiger partial charge in [0.2, 0.25) is 0 Å². The molecular weight excluding hydrogens is 436 g/mol. The maximum absolute atomic E-state index is 12.5. The molecule has 1 fully saturated rings. The third kappa shape index (κ3) is 4.19. The molecule has 0 saturated heterocycles. The minimum absolute atomic E-state index is 0.125. The molecule has 1 aliphatic carbocycles. The van der Waals surface area contributed by atoms with Crippen molar-refractivity contribution < 1.29 is 19.6 Å². The molecule has 1 N–H and O–H groups in total. The van der Waals surface area contributed by atoms with Crippen molar-refractivity contribution >= 4 is 45.6 Å². The normalized spacial score (nSPS) is 22.1. The van der Waals surface area contributed by atoms with E-state index >= 15 is 0 Å². The fourth-order valence-electron chi connectivity index (χ4n) is 3.42. The summed E-state index contributed by atoms with van der Waals surface area (Å²) in [4.78, 5) is 27.4. The first-order valence-corrected chi connectivity index (χ1v) is 10.4. The minimum Gasteiger partial charge on any atom is -0.506 e. The van der Waals surface area contributed by atoms with Crippen LogP contribution in [0.2, 0.25) is 0 Å². The maximum Gasteiger partial charge on any atom is 0.337 e. The van der Waals surface area contributed by atoms with Gasteiger partial charge in [-0.15, -0.1) is 11.8 Å². The number of ether oxygens (including phenoxy) is 1. The van der Waals surface area contributed by atoms with Crippen LogP contribution in [0.3, 0.4) is 0 Å². The number of aromatic hydroxyl groups is 1. The summed E-state index contributed by atoms with van der Waals surface area (Å²) in [5.41, 5.74) is 0.641. The first-order valence-electron chi connectivity index (χ1n) is 8.71. The van der Waals surface area contributed by atoms with Crippen molar-refractivity contribution in [2.24, 2.45) is 10.9 Å². The zero-order valence-corrected chi connectivity index (χ0v) is 17.1. The molecule has 0 amide bonds. The van der Waals surface area contributed by atoms with Gasteiger partial charge in [-0.05, 0) is 35.7 Å². The van der Waals surface area contributed by atoms with Crippen LogP contribution >= 0.6 is 27.7 Å². The van der Waals surface area contributed by atoms with Gasteiger partial charge in [0.15, 0.2) is 0 Å². The standard InChI is InChI=1S/C18H19BrN2O5S/c1-2-26-18(23)15-12-5-3-4-6-14(12)27-17(15)20-9-10-7-11(21(24)25)8-13(19)16(10)22/h7-9,12,14,22H,2-6H2,1H3/t12-,14+/m0/s1. The van der Waals surface area contributed by atoms with E-state index < -0.39 is 4.92 Å². The molecule has 144 valence electrons. The van der Waals surface area contributed by atoms with Gasteiger partial charge in [-0.25, -0.2) is 9.79 Å². The van der Waals surface area contributed by atoms with Crippen LogP contribution in [-0.2, 0) is 9.53 Å². The van der Waals surface area contributed by atoms with Crippen molar-refractivity contribution in [3.05, 3.63) is 42.9 Å². The summed E-state index contributed by atoms with van der Waals surface area (Å²) in [6.07, 6.45) is 5.51. The number of nitro benzene ring substituents is 1. The Labute approximate surface area is 169 Å². The number of phenolic OH excluding ortho intramolecular Hbond substituents is 1. The summed E-state index contributed by atoms with van der Waals surface area (Å²) >= 11 is 4.67. The molecule has 1 aromatic rings. The van der Waals surface area contributed by atoms with Gasteiger partial charge in [-0.3, -0.25) is 10.1 Å². The van der Waals surface area contributed by atoms with E-state index in [2.05, 4.69) is 20.9 Å². The van der Waals surface area contributed by atoms with E-state index in [0.29, 0.717) is 22.5 Å². The lowest BCUT2D eigenvalue weighted by atomic mass is 9.84. The lowest BCUT2D eigenvalue weighted by Gasteiger charge is -2.25. The number of esters is 1. The Morgan fingerprint density at radius 1 is 1.48 bits per heavy atom. The first-order chi connectivity index (χ1) is 12.9. The number of hydrogen-bond donors (Lipinski definition) is 1. The van der Waals surface area contributed by atoms with Crippen molar-refractivity contribution in [2.45, 2.75) is 37.9 Å². The summed E-state index contributed by atoms with van der Waals surface area (Å²) in [6, 6.07) is 2.48. The molecule has 1 aliphatic heterocycles. The second-order valence-corrected chi connectivity index (χ2v) is 8.45. The number of fused-ring (bicyclic) bond motifs is 1. The number of carbonyl (C=O) groups is 1. The quantitative estimate of drug-likeness (QED) is 0.302. The Balaban J connectivity index is 1.97. The third-order valence-corrected chi connectivity index (χ3v) is 6.69. The average Bonchev–Trinajstić information content (AvgIpc) is 3.01. The van der Waals surface area contributed by atoms with Crippen LogP contribution in [0.1, 0.15) is 38.2 Å². The van der Waals surface area contributed by atoms with Crippen LogP contribution in [0, 0.1) is 16.0 Å². The van der Waals surface area contributed by atoms with Gasteiger partial charge in [0.25, 0.3) is 5.69 Å². The highest BCUT2D eigenvalue weighted by atomic mass is 79.9. The van der Waals surface area contributed by atoms with Crippen LogP contribution in [0.15, 0.2) is 32.2 Å². The van der Waals surface area contributed by atoms with Gasteiger partial charge in [0.1, 0.15) is 10.8 Å². The molecule has 0 unspecified atom stereocenters. The van der Waals surface area contributed by atoms with E-state index in [9.17, 15) is 20.0 Å². The van der Waals surface area contributed by atoms with E-state index in [1.165, 1.54) is 18.3 Å². The van der Waals surface area contributed by atoms with Crippen molar-refractivity contribution in [3.63, 3.8) is 0 Å². The van der Waals surface area contributed by atoms with Gasteiger partial charge < -0.3 is 9.84 Å². The van der Waals surface area contributed by atoms with E-state index in [1.54, 1.807) is 18.7 Å². The van der Waals surface area contributed by atoms with Gasteiger partial charge >= 0.3 is 5.97 Å². The highest BCUT2D eigenvalue weighted by Crippen LogP contribution is 2.49. The number of benzene rings is 1. The van der Waals surface area contributed by atoms with E-state index in [1.807, 2.05) is 0 Å². The molecule has 0 bridgehead atoms. The molecule has 2 aliphatic rings. The molecule has 7 nitrogen and oxygen atoms in total. The zero-order valence-electron chi connectivity index (χ0n) is 14.7. The summed E-state index contributed by atoms with van der Waals surface area (Å²) in [7, 11) is 0. The van der Waals surface area contributed by atoms with E-state index in [0.717, 1.165) is 25.7 Å². The molecule has 2 atom stereocenters. The lowest BCUT2D eigenvalue weighted by molar-refractivity contribution is -0.385. The summed E-state index contributed by atoms with van der Waals surface area (Å²) in [5, 5.41) is 22.1. The Morgan fingerprint density at radius 2 is 2.22 bits per heavy atom. The fourth-order valence-corrected chi connectivity index (χ4v) is 5.36. The third-order valence-electron chi connectivity index (χ3n) is 4.67. The number of rotatable bonds is 5. The van der Waals surface area contributed by atoms with Crippen LogP contribution in [0.25, 0.3) is 0 Å². The number of aliphatic imine (C=N–C) groups is 1. The number of thioether (sulfide) groups is 1. The molecule has 0 radical (unpaired) electrons. The molecule has 3 rings (SSSR count). The number of hydrogen-bond acceptors (Lipinski definition) is 7. The lowest BCUT2D eigenvalue weighted by Crippen LogP contribution is -2.24. The van der Waals surface area contributed by atoms with Crippen molar-refractivity contribution in [1.82, 2.24) is 0 Å². The number of nitro groups is 1. The van der Waals surface area contributed by atoms with Crippen molar-refractivity contribution in [3.8, 4) is 5.75 Å². The Kier molecular flexibility index (Phi) is 6.21. The van der Waals surface area contributed by atoms with Crippen LogP contribution in [0.5, 0.6) is 5.75 Å². The van der Waals surface area contributed by atoms with Gasteiger partial charge in [0, 0.05) is 35.1 Å². The number of halogens is 1. The van der Waals surface area contributed by atoms with Gasteiger partial charge in [-0.2, -0.15) is 0 Å². The molecule has 0 spiro atoms. The van der Waals surface area contributed by atoms with Crippen LogP contribution < -0.4 is 0 Å². The topological polar surface area (TPSA) is 102 Å². The highest BCUT2D eigenvalue weighted by Gasteiger charge is 2.41. The summed E-state index contributed by atoms with van der Waals surface area (Å²) in [5.74, 6) is -0.362. The van der Waals surface area contributed by atoms with E-state index in [-0.39, 0.29) is 33.4 Å². The second kappa shape index (κ2) is 8.43. The Hall–Kier alpha value is -1.87. The largest absolute Gasteiger partial charge is 0.506 e. The number of phenols is 1.